The summed E-state index contributed by atoms with van der Waals surface area (Å²) in [7, 11) is 0. The van der Waals surface area contributed by atoms with Crippen molar-refractivity contribution in [3.8, 4) is 0 Å². The summed E-state index contributed by atoms with van der Waals surface area (Å²) in [5.74, 6) is -0.387. The third-order valence-corrected chi connectivity index (χ3v) is 5.49. The number of nitrogens with zero attached hydrogens (tertiary/aromatic N) is 3. The number of carbonyl (C=O) groups excluding carboxylic acids is 1. The van der Waals surface area contributed by atoms with Gasteiger partial charge in [0, 0.05) is 24.0 Å². The van der Waals surface area contributed by atoms with Gasteiger partial charge in [-0.15, -0.1) is 0 Å². The predicted molar refractivity (Wildman–Crippen MR) is 121 cm³/mol. The van der Waals surface area contributed by atoms with Crippen LogP contribution in [0.3, 0.4) is 0 Å². The fraction of sp³-hybridized carbons (Fsp3) is 0.348. The molecule has 0 unspecified atom stereocenters. The van der Waals surface area contributed by atoms with Crippen molar-refractivity contribution in [3.63, 3.8) is 0 Å². The molecule has 2 aromatic rings. The summed E-state index contributed by atoms with van der Waals surface area (Å²) < 4.78 is 0. The lowest BCUT2D eigenvalue weighted by Gasteiger charge is -2.43. The number of fused-ring (bicyclic) bond motifs is 1. The van der Waals surface area contributed by atoms with Crippen molar-refractivity contribution in [3.05, 3.63) is 63.9 Å². The van der Waals surface area contributed by atoms with E-state index in [0.29, 0.717) is 5.56 Å². The first kappa shape index (κ1) is 21.1. The van der Waals surface area contributed by atoms with Gasteiger partial charge < -0.3 is 4.90 Å². The lowest BCUT2D eigenvalue weighted by Crippen LogP contribution is -2.45. The highest BCUT2D eigenvalue weighted by Crippen LogP contribution is 2.40. The number of allylic oxidation sites excluding steroid dienone is 1. The van der Waals surface area contributed by atoms with Gasteiger partial charge in [0.2, 0.25) is 0 Å². The fourth-order valence-electron chi connectivity index (χ4n) is 3.79. The van der Waals surface area contributed by atoms with Crippen LogP contribution in [0, 0.1) is 6.92 Å². The Bertz CT molecular complexity index is 994. The number of benzene rings is 1. The quantitative estimate of drug-likeness (QED) is 0.417. The number of hydrogen-bond donors (Lipinski definition) is 1. The van der Waals surface area contributed by atoms with E-state index in [1.54, 1.807) is 18.3 Å². The molecule has 0 bridgehead atoms. The smallest absolute Gasteiger partial charge is 0.274 e. The van der Waals surface area contributed by atoms with Crippen LogP contribution < -0.4 is 10.3 Å². The summed E-state index contributed by atoms with van der Waals surface area (Å²) >= 11 is 5.96. The molecular formula is C23H27ClN4O. The zero-order valence-electron chi connectivity index (χ0n) is 17.6. The van der Waals surface area contributed by atoms with E-state index in [0.717, 1.165) is 24.1 Å². The molecule has 1 aliphatic rings. The molecule has 152 valence electrons. The minimum absolute atomic E-state index is 0.0217. The van der Waals surface area contributed by atoms with E-state index in [9.17, 15) is 4.79 Å². The van der Waals surface area contributed by atoms with Crippen LogP contribution in [0.2, 0.25) is 5.15 Å². The Balaban J connectivity index is 1.87. The Kier molecular flexibility index (Phi) is 6.08. The third-order valence-electron chi connectivity index (χ3n) is 5.19. The van der Waals surface area contributed by atoms with E-state index in [-0.39, 0.29) is 16.6 Å². The Morgan fingerprint density at radius 1 is 1.34 bits per heavy atom. The molecule has 1 N–H and O–H groups in total. The second-order valence-electron chi connectivity index (χ2n) is 7.90. The molecule has 0 saturated carbocycles. The topological polar surface area (TPSA) is 57.6 Å². The maximum atomic E-state index is 12.2. The van der Waals surface area contributed by atoms with Crippen LogP contribution in [0.4, 0.5) is 5.69 Å². The molecule has 0 spiro atoms. The highest BCUT2D eigenvalue weighted by molar-refractivity contribution is 6.32. The number of aromatic nitrogens is 1. The van der Waals surface area contributed by atoms with Gasteiger partial charge in [0.1, 0.15) is 5.15 Å². The standard InChI is InChI=1S/C23H27ClN4O/c1-6-10-28-20-11-15(2)17(12-19(20)16(3)13-23(28,4)5)14-26-27-22(29)18-8-7-9-25-21(18)24/h7-9,11-14H,6,10H2,1-5H3,(H,27,29)/b26-14-. The normalized spacial score (nSPS) is 15.2. The number of anilines is 1. The molecular weight excluding hydrogens is 384 g/mol. The van der Waals surface area contributed by atoms with E-state index in [1.165, 1.54) is 23.0 Å². The Morgan fingerprint density at radius 2 is 2.10 bits per heavy atom. The summed E-state index contributed by atoms with van der Waals surface area (Å²) in [6.07, 6.45) is 6.61. The van der Waals surface area contributed by atoms with Gasteiger partial charge in [-0.1, -0.05) is 24.6 Å². The van der Waals surface area contributed by atoms with Crippen molar-refractivity contribution in [2.45, 2.75) is 46.6 Å². The molecule has 1 amide bonds. The van der Waals surface area contributed by atoms with Crippen LogP contribution in [0.25, 0.3) is 5.57 Å². The molecule has 0 atom stereocenters. The van der Waals surface area contributed by atoms with Crippen molar-refractivity contribution < 1.29 is 4.79 Å². The van der Waals surface area contributed by atoms with Gasteiger partial charge in [0.25, 0.3) is 5.91 Å². The van der Waals surface area contributed by atoms with Gasteiger partial charge in [-0.05, 0) is 75.1 Å². The molecule has 6 heteroatoms. The van der Waals surface area contributed by atoms with Crippen LogP contribution in [-0.2, 0) is 0 Å². The van der Waals surface area contributed by atoms with Crippen LogP contribution in [0.1, 0.15) is 61.2 Å². The lowest BCUT2D eigenvalue weighted by atomic mass is 9.87. The van der Waals surface area contributed by atoms with Crippen molar-refractivity contribution in [2.24, 2.45) is 5.10 Å². The zero-order chi connectivity index (χ0) is 21.2. The number of hydrogen-bond acceptors (Lipinski definition) is 4. The molecule has 1 aromatic heterocycles. The summed E-state index contributed by atoms with van der Waals surface area (Å²) in [4.78, 5) is 18.6. The minimum atomic E-state index is -0.387. The van der Waals surface area contributed by atoms with E-state index in [2.05, 4.69) is 73.2 Å². The van der Waals surface area contributed by atoms with Crippen molar-refractivity contribution in [1.82, 2.24) is 10.4 Å². The zero-order valence-corrected chi connectivity index (χ0v) is 18.3. The van der Waals surface area contributed by atoms with Crippen LogP contribution in [-0.4, -0.2) is 29.2 Å². The van der Waals surface area contributed by atoms with Crippen molar-refractivity contribution in [2.75, 3.05) is 11.4 Å². The average Bonchev–Trinajstić information content (AvgIpc) is 2.66. The molecule has 2 heterocycles. The maximum Gasteiger partial charge on any atom is 0.274 e. The number of aryl methyl sites for hydroxylation is 1. The molecule has 0 fully saturated rings. The third kappa shape index (κ3) is 4.35. The number of amides is 1. The number of carbonyl (C=O) groups is 1. The first-order chi connectivity index (χ1) is 13.7. The monoisotopic (exact) mass is 410 g/mol. The van der Waals surface area contributed by atoms with Crippen molar-refractivity contribution in [1.29, 1.82) is 0 Å². The van der Waals surface area contributed by atoms with E-state index in [4.69, 9.17) is 11.6 Å². The fourth-order valence-corrected chi connectivity index (χ4v) is 4.00. The molecule has 0 aliphatic carbocycles. The van der Waals surface area contributed by atoms with Gasteiger partial charge in [0.15, 0.2) is 0 Å². The maximum absolute atomic E-state index is 12.2. The van der Waals surface area contributed by atoms with Crippen LogP contribution >= 0.6 is 11.6 Å². The molecule has 1 aliphatic heterocycles. The molecule has 29 heavy (non-hydrogen) atoms. The Morgan fingerprint density at radius 3 is 2.79 bits per heavy atom. The Labute approximate surface area is 177 Å². The van der Waals surface area contributed by atoms with Crippen LogP contribution in [0.5, 0.6) is 0 Å². The largest absolute Gasteiger partial charge is 0.362 e. The van der Waals surface area contributed by atoms with E-state index < -0.39 is 0 Å². The van der Waals surface area contributed by atoms with Gasteiger partial charge in [-0.25, -0.2) is 10.4 Å². The van der Waals surface area contributed by atoms with Gasteiger partial charge in [-0.3, -0.25) is 4.79 Å². The first-order valence-corrected chi connectivity index (χ1v) is 10.2. The van der Waals surface area contributed by atoms with Gasteiger partial charge >= 0.3 is 0 Å². The highest BCUT2D eigenvalue weighted by Gasteiger charge is 2.31. The Hall–Kier alpha value is -2.66. The molecule has 3 rings (SSSR count). The molecule has 0 radical (unpaired) electrons. The van der Waals surface area contributed by atoms with E-state index >= 15 is 0 Å². The number of halogens is 1. The number of pyridine rings is 1. The minimum Gasteiger partial charge on any atom is -0.362 e. The molecule has 5 nitrogen and oxygen atoms in total. The molecule has 0 saturated heterocycles. The number of nitrogens with one attached hydrogen (secondary N) is 1. The summed E-state index contributed by atoms with van der Waals surface area (Å²) in [6.45, 7) is 11.9. The second-order valence-corrected chi connectivity index (χ2v) is 8.26. The predicted octanol–water partition coefficient (Wildman–Crippen LogP) is 5.22. The first-order valence-electron chi connectivity index (χ1n) is 9.80. The summed E-state index contributed by atoms with van der Waals surface area (Å²) in [6, 6.07) is 7.63. The highest BCUT2D eigenvalue weighted by atomic mass is 35.5. The number of hydrazone groups is 1. The lowest BCUT2D eigenvalue weighted by molar-refractivity contribution is 0.0955. The second kappa shape index (κ2) is 8.37. The summed E-state index contributed by atoms with van der Waals surface area (Å²) in [5.41, 5.74) is 8.57. The average molecular weight is 411 g/mol. The number of rotatable bonds is 5. The molecule has 1 aromatic carbocycles. The SMILES string of the molecule is CCCN1c2cc(C)c(/C=N\NC(=O)c3cccnc3Cl)cc2C(C)=CC1(C)C. The van der Waals surface area contributed by atoms with E-state index in [1.807, 2.05) is 0 Å². The van der Waals surface area contributed by atoms with Gasteiger partial charge in [-0.2, -0.15) is 5.10 Å². The van der Waals surface area contributed by atoms with Crippen LogP contribution in [0.15, 0.2) is 41.6 Å². The van der Waals surface area contributed by atoms with Crippen molar-refractivity contribution >= 4 is 35.0 Å². The van der Waals surface area contributed by atoms with Gasteiger partial charge in [0.05, 0.1) is 17.3 Å². The summed E-state index contributed by atoms with van der Waals surface area (Å²) in [5, 5.41) is 4.29.